The Labute approximate surface area is 111 Å². The van der Waals surface area contributed by atoms with Crippen molar-refractivity contribution in [2.24, 2.45) is 0 Å². The Morgan fingerprint density at radius 2 is 2.39 bits per heavy atom. The van der Waals surface area contributed by atoms with Gasteiger partial charge in [-0.1, -0.05) is 18.5 Å². The number of imidazole rings is 1. The van der Waals surface area contributed by atoms with Crippen LogP contribution in [-0.4, -0.2) is 39.0 Å². The van der Waals surface area contributed by atoms with E-state index in [0.29, 0.717) is 16.6 Å². The number of aromatic hydroxyl groups is 1. The summed E-state index contributed by atoms with van der Waals surface area (Å²) >= 11 is 6.13. The van der Waals surface area contributed by atoms with E-state index >= 15 is 0 Å². The van der Waals surface area contributed by atoms with Crippen LogP contribution in [0.4, 0.5) is 0 Å². The summed E-state index contributed by atoms with van der Waals surface area (Å²) in [6, 6.07) is 3.45. The highest BCUT2D eigenvalue weighted by Crippen LogP contribution is 2.33. The van der Waals surface area contributed by atoms with Gasteiger partial charge in [0.2, 0.25) is 0 Å². The number of likely N-dealkylation sites (N-methyl/N-ethyl adjacent to an activating group) is 1. The van der Waals surface area contributed by atoms with Crippen molar-refractivity contribution in [2.45, 2.75) is 19.3 Å². The molecule has 0 spiro atoms. The molecule has 18 heavy (non-hydrogen) atoms. The van der Waals surface area contributed by atoms with Crippen LogP contribution in [0, 0.1) is 0 Å². The van der Waals surface area contributed by atoms with Gasteiger partial charge in [0.05, 0.1) is 0 Å². The molecule has 0 radical (unpaired) electrons. The zero-order valence-corrected chi connectivity index (χ0v) is 11.1. The molecule has 0 amide bonds. The lowest BCUT2D eigenvalue weighted by molar-refractivity contribution is 0.352. The van der Waals surface area contributed by atoms with Crippen LogP contribution in [0.15, 0.2) is 18.3 Å². The molecule has 0 saturated carbocycles. The molecule has 0 aliphatic carbocycles. The van der Waals surface area contributed by atoms with E-state index in [1.807, 2.05) is 16.7 Å². The summed E-state index contributed by atoms with van der Waals surface area (Å²) in [6.45, 7) is 5.36. The van der Waals surface area contributed by atoms with E-state index in [0.717, 1.165) is 31.9 Å². The molecule has 2 aromatic heterocycles. The van der Waals surface area contributed by atoms with Crippen LogP contribution in [-0.2, 0) is 0 Å². The second kappa shape index (κ2) is 4.44. The zero-order chi connectivity index (χ0) is 12.7. The van der Waals surface area contributed by atoms with Gasteiger partial charge < -0.3 is 10.0 Å². The number of hydrogen-bond donors (Lipinski definition) is 1. The molecule has 0 bridgehead atoms. The van der Waals surface area contributed by atoms with E-state index in [2.05, 4.69) is 16.8 Å². The third kappa shape index (κ3) is 1.76. The molecule has 1 fully saturated rings. The van der Waals surface area contributed by atoms with Gasteiger partial charge in [0.15, 0.2) is 5.15 Å². The largest absolute Gasteiger partial charge is 0.506 e. The normalized spacial score (nSPS) is 20.9. The van der Waals surface area contributed by atoms with Gasteiger partial charge in [0.1, 0.15) is 17.1 Å². The highest BCUT2D eigenvalue weighted by Gasteiger charge is 2.27. The number of likely N-dealkylation sites (tertiary alicyclic amines) is 1. The van der Waals surface area contributed by atoms with Crippen molar-refractivity contribution in [3.63, 3.8) is 0 Å². The Morgan fingerprint density at radius 1 is 1.56 bits per heavy atom. The Kier molecular flexibility index (Phi) is 2.92. The van der Waals surface area contributed by atoms with Gasteiger partial charge in [-0.2, -0.15) is 0 Å². The topological polar surface area (TPSA) is 40.8 Å². The number of fused-ring (bicyclic) bond motifs is 1. The molecule has 3 heterocycles. The monoisotopic (exact) mass is 265 g/mol. The number of rotatable bonds is 2. The molecule has 4 nitrogen and oxygen atoms in total. The summed E-state index contributed by atoms with van der Waals surface area (Å²) in [5.74, 6) is 1.54. The summed E-state index contributed by atoms with van der Waals surface area (Å²) in [7, 11) is 0. The lowest BCUT2D eigenvalue weighted by Gasteiger charge is -2.12. The first-order valence-corrected chi connectivity index (χ1v) is 6.66. The molecular formula is C13H16ClN3O. The van der Waals surface area contributed by atoms with E-state index in [4.69, 9.17) is 11.6 Å². The molecule has 1 unspecified atom stereocenters. The van der Waals surface area contributed by atoms with Crippen LogP contribution in [0.2, 0.25) is 5.15 Å². The SMILES string of the molecule is CCN1CCC(c2nc(Cl)c3c(O)cccn23)C1. The first-order valence-electron chi connectivity index (χ1n) is 6.28. The molecule has 0 aromatic carbocycles. The van der Waals surface area contributed by atoms with E-state index in [-0.39, 0.29) is 5.75 Å². The molecule has 5 heteroatoms. The Balaban J connectivity index is 2.06. The van der Waals surface area contributed by atoms with Crippen LogP contribution in [0.25, 0.3) is 5.52 Å². The third-order valence-electron chi connectivity index (χ3n) is 3.71. The molecule has 1 N–H and O–H groups in total. The molecule has 1 saturated heterocycles. The van der Waals surface area contributed by atoms with Crippen molar-refractivity contribution in [3.05, 3.63) is 29.3 Å². The predicted octanol–water partition coefficient (Wildman–Crippen LogP) is 2.50. The third-order valence-corrected chi connectivity index (χ3v) is 3.98. The smallest absolute Gasteiger partial charge is 0.158 e. The molecule has 1 aliphatic heterocycles. The number of halogens is 1. The minimum Gasteiger partial charge on any atom is -0.506 e. The van der Waals surface area contributed by atoms with Crippen molar-refractivity contribution in [2.75, 3.05) is 19.6 Å². The van der Waals surface area contributed by atoms with Crippen LogP contribution in [0.3, 0.4) is 0 Å². The zero-order valence-electron chi connectivity index (χ0n) is 10.3. The summed E-state index contributed by atoms with van der Waals surface area (Å²) in [4.78, 5) is 6.85. The number of pyridine rings is 1. The Bertz CT molecular complexity index is 581. The second-order valence-corrected chi connectivity index (χ2v) is 5.11. The lowest BCUT2D eigenvalue weighted by Crippen LogP contribution is -2.19. The van der Waals surface area contributed by atoms with Crippen molar-refractivity contribution in [1.82, 2.24) is 14.3 Å². The molecule has 1 aliphatic rings. The first-order chi connectivity index (χ1) is 8.70. The van der Waals surface area contributed by atoms with Crippen molar-refractivity contribution < 1.29 is 5.11 Å². The standard InChI is InChI=1S/C13H16ClN3O/c1-2-16-7-5-9(8-16)13-15-12(14)11-10(18)4-3-6-17(11)13/h3-4,6,9,18H,2,5,7-8H2,1H3. The second-order valence-electron chi connectivity index (χ2n) is 4.75. The predicted molar refractivity (Wildman–Crippen MR) is 71.3 cm³/mol. The van der Waals surface area contributed by atoms with Gasteiger partial charge in [-0.15, -0.1) is 0 Å². The van der Waals surface area contributed by atoms with Gasteiger partial charge in [-0.05, 0) is 31.6 Å². The van der Waals surface area contributed by atoms with Gasteiger partial charge >= 0.3 is 0 Å². The minimum absolute atomic E-state index is 0.187. The van der Waals surface area contributed by atoms with Crippen LogP contribution in [0.1, 0.15) is 25.1 Å². The average Bonchev–Trinajstić information content (AvgIpc) is 2.94. The van der Waals surface area contributed by atoms with E-state index < -0.39 is 0 Å². The maximum Gasteiger partial charge on any atom is 0.158 e. The molecule has 3 rings (SSSR count). The fourth-order valence-electron chi connectivity index (χ4n) is 2.72. The molecule has 1 atom stereocenters. The lowest BCUT2D eigenvalue weighted by atomic mass is 10.1. The first kappa shape index (κ1) is 11.8. The van der Waals surface area contributed by atoms with E-state index in [9.17, 15) is 5.11 Å². The number of nitrogens with zero attached hydrogens (tertiary/aromatic N) is 3. The highest BCUT2D eigenvalue weighted by molar-refractivity contribution is 6.33. The van der Waals surface area contributed by atoms with Crippen LogP contribution in [0.5, 0.6) is 5.75 Å². The fraction of sp³-hybridized carbons (Fsp3) is 0.462. The number of hydrogen-bond acceptors (Lipinski definition) is 3. The molecular weight excluding hydrogens is 250 g/mol. The van der Waals surface area contributed by atoms with E-state index in [1.165, 1.54) is 0 Å². The fourth-order valence-corrected chi connectivity index (χ4v) is 2.99. The summed E-state index contributed by atoms with van der Waals surface area (Å²) in [6.07, 6.45) is 3.01. The summed E-state index contributed by atoms with van der Waals surface area (Å²) in [5, 5.41) is 10.2. The number of aromatic nitrogens is 2. The van der Waals surface area contributed by atoms with Crippen molar-refractivity contribution in [1.29, 1.82) is 0 Å². The maximum atomic E-state index is 9.85. The van der Waals surface area contributed by atoms with Crippen LogP contribution >= 0.6 is 11.6 Å². The molecule has 2 aromatic rings. The quantitative estimate of drug-likeness (QED) is 0.907. The van der Waals surface area contributed by atoms with Gasteiger partial charge in [-0.3, -0.25) is 4.40 Å². The Hall–Kier alpha value is -1.26. The average molecular weight is 266 g/mol. The summed E-state index contributed by atoms with van der Waals surface area (Å²) < 4.78 is 1.92. The van der Waals surface area contributed by atoms with Crippen LogP contribution < -0.4 is 0 Å². The van der Waals surface area contributed by atoms with Crippen molar-refractivity contribution in [3.8, 4) is 5.75 Å². The minimum atomic E-state index is 0.187. The van der Waals surface area contributed by atoms with Gasteiger partial charge in [-0.25, -0.2) is 4.98 Å². The van der Waals surface area contributed by atoms with E-state index in [1.54, 1.807) is 6.07 Å². The van der Waals surface area contributed by atoms with Crippen molar-refractivity contribution >= 4 is 17.1 Å². The van der Waals surface area contributed by atoms with Gasteiger partial charge in [0, 0.05) is 18.7 Å². The highest BCUT2D eigenvalue weighted by atomic mass is 35.5. The molecule has 96 valence electrons. The Morgan fingerprint density at radius 3 is 3.11 bits per heavy atom. The summed E-state index contributed by atoms with van der Waals surface area (Å²) in [5.41, 5.74) is 0.615. The maximum absolute atomic E-state index is 9.85. The van der Waals surface area contributed by atoms with Gasteiger partial charge in [0.25, 0.3) is 0 Å².